The number of aliphatic hydroxyl groups excluding tert-OH is 1. The summed E-state index contributed by atoms with van der Waals surface area (Å²) in [5.74, 6) is -3.14. The van der Waals surface area contributed by atoms with Gasteiger partial charge in [0.1, 0.15) is 0 Å². The number of anilines is 1. The topological polar surface area (TPSA) is 78.4 Å². The first kappa shape index (κ1) is 22.7. The average Bonchev–Trinajstić information content (AvgIpc) is 2.58. The lowest BCUT2D eigenvalue weighted by Crippen LogP contribution is -2.50. The smallest absolute Gasteiger partial charge is 0.396 e. The van der Waals surface area contributed by atoms with Crippen LogP contribution >= 0.6 is 23.4 Å². The Labute approximate surface area is 166 Å². The third-order valence-electron chi connectivity index (χ3n) is 4.27. The van der Waals surface area contributed by atoms with Crippen LogP contribution in [0.4, 0.5) is 32.4 Å². The minimum Gasteiger partial charge on any atom is -0.396 e. The fourth-order valence-electron chi connectivity index (χ4n) is 2.92. The first-order valence-corrected chi connectivity index (χ1v) is 9.23. The molecule has 0 unspecified atom stereocenters. The summed E-state index contributed by atoms with van der Waals surface area (Å²) in [6.45, 7) is -0.592. The van der Waals surface area contributed by atoms with Crippen LogP contribution in [0.3, 0.4) is 0 Å². The van der Waals surface area contributed by atoms with E-state index in [4.69, 9.17) is 11.6 Å². The van der Waals surface area contributed by atoms with Crippen LogP contribution in [0.1, 0.15) is 28.8 Å². The number of benzene rings is 1. The van der Waals surface area contributed by atoms with E-state index in [1.165, 1.54) is 7.05 Å². The van der Waals surface area contributed by atoms with Crippen molar-refractivity contribution in [3.05, 3.63) is 22.2 Å². The lowest BCUT2D eigenvalue weighted by atomic mass is 9.68. The maximum Gasteiger partial charge on any atom is 0.417 e. The van der Waals surface area contributed by atoms with Crippen LogP contribution in [-0.4, -0.2) is 42.8 Å². The van der Waals surface area contributed by atoms with Crippen LogP contribution in [0.25, 0.3) is 0 Å². The minimum atomic E-state index is -4.88. The molecule has 0 radical (unpaired) electrons. The van der Waals surface area contributed by atoms with E-state index in [-0.39, 0.29) is 22.6 Å². The Balaban J connectivity index is 2.49. The molecule has 1 fully saturated rings. The molecule has 0 heterocycles. The van der Waals surface area contributed by atoms with Crippen molar-refractivity contribution in [2.45, 2.75) is 29.8 Å². The van der Waals surface area contributed by atoms with Crippen LogP contribution in [0.2, 0.25) is 5.02 Å². The molecule has 5 nitrogen and oxygen atoms in total. The van der Waals surface area contributed by atoms with Crippen LogP contribution in [0, 0.1) is 5.41 Å². The average molecular weight is 447 g/mol. The summed E-state index contributed by atoms with van der Waals surface area (Å²) >= 11 is 6.57. The third kappa shape index (κ3) is 4.69. The van der Waals surface area contributed by atoms with E-state index in [1.807, 2.05) is 0 Å². The van der Waals surface area contributed by atoms with Gasteiger partial charge < -0.3 is 15.7 Å². The normalized spacial score (nSPS) is 17.6. The predicted molar refractivity (Wildman–Crippen MR) is 94.3 cm³/mol. The number of nitrogens with one attached hydrogen (secondary N) is 2. The van der Waals surface area contributed by atoms with Crippen LogP contribution in [0.5, 0.6) is 0 Å². The predicted octanol–water partition coefficient (Wildman–Crippen LogP) is 4.42. The van der Waals surface area contributed by atoms with Gasteiger partial charge in [0.05, 0.1) is 21.2 Å². The summed E-state index contributed by atoms with van der Waals surface area (Å²) in [5, 5.41) is 13.1. The molecule has 12 heteroatoms. The van der Waals surface area contributed by atoms with Crippen molar-refractivity contribution in [1.82, 2.24) is 5.32 Å². The molecule has 2 rings (SSSR count). The minimum absolute atomic E-state index is 0.125. The number of aliphatic hydroxyl groups is 1. The number of rotatable bonds is 6. The number of carbonyl (C=O) groups excluding carboxylic acids is 2. The second-order valence-corrected chi connectivity index (χ2v) is 7.87. The van der Waals surface area contributed by atoms with Gasteiger partial charge in [-0.05, 0) is 6.07 Å². The molecule has 1 aromatic carbocycles. The van der Waals surface area contributed by atoms with Gasteiger partial charge >= 0.3 is 12.2 Å². The van der Waals surface area contributed by atoms with E-state index < -0.39 is 59.1 Å². The molecule has 0 aromatic heterocycles. The molecule has 0 bridgehead atoms. The summed E-state index contributed by atoms with van der Waals surface area (Å²) in [4.78, 5) is 22.7. The van der Waals surface area contributed by atoms with Crippen LogP contribution in [0.15, 0.2) is 11.0 Å². The van der Waals surface area contributed by atoms with Gasteiger partial charge in [0, 0.05) is 43.2 Å². The van der Waals surface area contributed by atoms with E-state index in [0.29, 0.717) is 17.8 Å². The quantitative estimate of drug-likeness (QED) is 0.343. The zero-order valence-corrected chi connectivity index (χ0v) is 16.0. The summed E-state index contributed by atoms with van der Waals surface area (Å²) in [6, 6.07) is -0.308. The van der Waals surface area contributed by atoms with Crippen LogP contribution < -0.4 is 10.6 Å². The number of carbonyl (C=O) groups is 2. The molecular formula is C16H16ClF5N2O3S. The second kappa shape index (κ2) is 8.03. The van der Waals surface area contributed by atoms with Crippen molar-refractivity contribution < 1.29 is 36.6 Å². The van der Waals surface area contributed by atoms with Crippen molar-refractivity contribution in [2.24, 2.45) is 5.41 Å². The molecular weight excluding hydrogens is 431 g/mol. The van der Waals surface area contributed by atoms with Crippen molar-refractivity contribution >= 4 is 41.4 Å². The number of amides is 2. The van der Waals surface area contributed by atoms with Crippen molar-refractivity contribution in [2.75, 3.05) is 24.7 Å². The summed E-state index contributed by atoms with van der Waals surface area (Å²) in [7, 11) is 1.26. The number of urea groups is 1. The molecule has 28 heavy (non-hydrogen) atoms. The van der Waals surface area contributed by atoms with Gasteiger partial charge in [-0.3, -0.25) is 4.79 Å². The second-order valence-electron chi connectivity index (χ2n) is 6.51. The Bertz CT molecular complexity index is 781. The van der Waals surface area contributed by atoms with Gasteiger partial charge in [0.2, 0.25) is 5.92 Å². The van der Waals surface area contributed by atoms with Gasteiger partial charge in [-0.15, -0.1) is 11.8 Å². The Kier molecular flexibility index (Phi) is 6.51. The Morgan fingerprint density at radius 2 is 2.00 bits per heavy atom. The molecule has 0 saturated heterocycles. The van der Waals surface area contributed by atoms with Crippen molar-refractivity contribution in [3.8, 4) is 0 Å². The lowest BCUT2D eigenvalue weighted by Gasteiger charge is -2.46. The molecule has 0 spiro atoms. The fraction of sp³-hybridized carbons (Fsp3) is 0.500. The Morgan fingerprint density at radius 3 is 2.43 bits per heavy atom. The zero-order valence-electron chi connectivity index (χ0n) is 14.4. The highest BCUT2D eigenvalue weighted by atomic mass is 35.5. The third-order valence-corrected chi connectivity index (χ3v) is 6.23. The molecule has 0 aliphatic heterocycles. The van der Waals surface area contributed by atoms with E-state index in [0.717, 1.165) is 0 Å². The van der Waals surface area contributed by atoms with Crippen molar-refractivity contribution in [3.63, 3.8) is 0 Å². The SMILES string of the molecule is CNC(=O)Nc1c(C=O)cc(C(F)(F)F)c(Cl)c1SCC1(CO)CC(F)(F)C1. The first-order valence-electron chi connectivity index (χ1n) is 7.87. The zero-order chi connectivity index (χ0) is 21.3. The molecule has 2 amide bonds. The summed E-state index contributed by atoms with van der Waals surface area (Å²) in [6.07, 6.45) is -6.01. The van der Waals surface area contributed by atoms with E-state index >= 15 is 0 Å². The summed E-state index contributed by atoms with van der Waals surface area (Å²) in [5.41, 5.74) is -3.23. The van der Waals surface area contributed by atoms with Gasteiger partial charge in [-0.1, -0.05) is 11.6 Å². The molecule has 1 aromatic rings. The number of alkyl halides is 5. The first-order chi connectivity index (χ1) is 12.9. The molecule has 156 valence electrons. The standard InChI is InChI=1S/C16H16ClF5N2O3S/c1-23-13(27)24-11-8(3-25)2-9(16(20,21)22)10(17)12(11)28-7-14(6-26)4-15(18,19)5-14/h2-3,26H,4-7H2,1H3,(H2,23,24,27). The largest absolute Gasteiger partial charge is 0.417 e. The Morgan fingerprint density at radius 1 is 1.39 bits per heavy atom. The van der Waals surface area contributed by atoms with E-state index in [9.17, 15) is 36.6 Å². The fourth-order valence-corrected chi connectivity index (χ4v) is 4.64. The molecule has 0 atom stereocenters. The monoisotopic (exact) mass is 446 g/mol. The summed E-state index contributed by atoms with van der Waals surface area (Å²) < 4.78 is 66.3. The molecule has 1 saturated carbocycles. The number of hydrogen-bond acceptors (Lipinski definition) is 4. The van der Waals surface area contributed by atoms with Crippen molar-refractivity contribution in [1.29, 1.82) is 0 Å². The highest BCUT2D eigenvalue weighted by molar-refractivity contribution is 7.99. The van der Waals surface area contributed by atoms with Gasteiger partial charge in [-0.25, -0.2) is 13.6 Å². The van der Waals surface area contributed by atoms with E-state index in [1.54, 1.807) is 0 Å². The molecule has 1 aliphatic rings. The highest BCUT2D eigenvalue weighted by Gasteiger charge is 2.56. The molecule has 3 N–H and O–H groups in total. The maximum atomic E-state index is 13.3. The lowest BCUT2D eigenvalue weighted by molar-refractivity contribution is -0.165. The maximum absolute atomic E-state index is 13.3. The van der Waals surface area contributed by atoms with Gasteiger partial charge in [0.25, 0.3) is 0 Å². The van der Waals surface area contributed by atoms with E-state index in [2.05, 4.69) is 10.6 Å². The number of halogens is 6. The number of hydrogen-bond donors (Lipinski definition) is 3. The van der Waals surface area contributed by atoms with Gasteiger partial charge in [0.15, 0.2) is 6.29 Å². The highest BCUT2D eigenvalue weighted by Crippen LogP contribution is 2.55. The Hall–Kier alpha value is -1.59. The molecule has 1 aliphatic carbocycles. The number of thioether (sulfide) groups is 1. The van der Waals surface area contributed by atoms with Gasteiger partial charge in [-0.2, -0.15) is 13.2 Å². The van der Waals surface area contributed by atoms with Crippen LogP contribution in [-0.2, 0) is 6.18 Å². The number of aldehydes is 1.